The van der Waals surface area contributed by atoms with Crippen LogP contribution in [0.2, 0.25) is 0 Å². The Kier molecular flexibility index (Phi) is 5.40. The minimum Gasteiger partial charge on any atom is -0.444 e. The van der Waals surface area contributed by atoms with E-state index in [2.05, 4.69) is 15.3 Å². The third kappa shape index (κ3) is 5.24. The number of piperidine rings is 1. The van der Waals surface area contributed by atoms with Crippen molar-refractivity contribution < 1.29 is 18.3 Å². The molecule has 0 spiro atoms. The number of ether oxygens (including phenoxy) is 1. The lowest BCUT2D eigenvalue weighted by molar-refractivity contribution is -0.106. The quantitative estimate of drug-likeness (QED) is 0.898. The van der Waals surface area contributed by atoms with Gasteiger partial charge in [-0.25, -0.2) is 23.5 Å². The fraction of sp³-hybridized carbons (Fsp3) is 0.625. The monoisotopic (exact) mass is 353 g/mol. The molecule has 2 rings (SSSR count). The van der Waals surface area contributed by atoms with Crippen LogP contribution in [0.15, 0.2) is 12.4 Å². The molecular weight excluding hydrogens is 332 g/mol. The first-order valence-corrected chi connectivity index (χ1v) is 7.92. The highest BCUT2D eigenvalue weighted by Crippen LogP contribution is 2.33. The largest absolute Gasteiger partial charge is 0.444 e. The first-order valence-electron chi connectivity index (χ1n) is 7.92. The molecule has 0 bridgehead atoms. The molecule has 1 aliphatic heterocycles. The Labute approximate surface area is 145 Å². The van der Waals surface area contributed by atoms with Gasteiger partial charge in [0.25, 0.3) is 5.92 Å². The van der Waals surface area contributed by atoms with E-state index in [0.29, 0.717) is 5.82 Å². The van der Waals surface area contributed by atoms with Crippen LogP contribution in [0.1, 0.15) is 32.9 Å². The summed E-state index contributed by atoms with van der Waals surface area (Å²) in [6.07, 6.45) is 2.01. The fourth-order valence-corrected chi connectivity index (χ4v) is 2.42. The van der Waals surface area contributed by atoms with Gasteiger partial charge in [-0.2, -0.15) is 5.26 Å². The molecular formula is C16H21F2N5O2. The molecule has 0 aromatic carbocycles. The Balaban J connectivity index is 1.91. The molecule has 1 aliphatic rings. The van der Waals surface area contributed by atoms with Crippen molar-refractivity contribution in [2.24, 2.45) is 5.92 Å². The van der Waals surface area contributed by atoms with E-state index in [1.54, 1.807) is 20.8 Å². The molecule has 1 atom stereocenters. The smallest absolute Gasteiger partial charge is 0.410 e. The number of amides is 1. The number of carbonyl (C=O) groups is 1. The maximum atomic E-state index is 14.4. The van der Waals surface area contributed by atoms with Crippen LogP contribution in [-0.2, 0) is 4.74 Å². The topological polar surface area (TPSA) is 91.1 Å². The average Bonchev–Trinajstić information content (AvgIpc) is 2.52. The predicted octanol–water partition coefficient (Wildman–Crippen LogP) is 2.65. The molecule has 1 saturated heterocycles. The zero-order valence-electron chi connectivity index (χ0n) is 14.4. The molecule has 136 valence electrons. The van der Waals surface area contributed by atoms with Crippen LogP contribution in [0.3, 0.4) is 0 Å². The second-order valence-electron chi connectivity index (χ2n) is 6.93. The van der Waals surface area contributed by atoms with Gasteiger partial charge in [0.1, 0.15) is 17.5 Å². The Morgan fingerprint density at radius 1 is 1.48 bits per heavy atom. The van der Waals surface area contributed by atoms with Gasteiger partial charge in [-0.15, -0.1) is 0 Å². The fourth-order valence-electron chi connectivity index (χ4n) is 2.42. The van der Waals surface area contributed by atoms with Gasteiger partial charge < -0.3 is 15.0 Å². The summed E-state index contributed by atoms with van der Waals surface area (Å²) >= 11 is 0. The maximum absolute atomic E-state index is 14.4. The lowest BCUT2D eigenvalue weighted by atomic mass is 9.93. The minimum absolute atomic E-state index is 0.00423. The molecule has 7 nitrogen and oxygen atoms in total. The summed E-state index contributed by atoms with van der Waals surface area (Å²) in [6, 6.07) is 1.83. The first kappa shape index (κ1) is 18.8. The summed E-state index contributed by atoms with van der Waals surface area (Å²) in [5.41, 5.74) is -0.569. The Bertz CT molecular complexity index is 652. The van der Waals surface area contributed by atoms with Crippen LogP contribution in [0.5, 0.6) is 0 Å². The van der Waals surface area contributed by atoms with Gasteiger partial charge in [-0.1, -0.05) is 0 Å². The average molecular weight is 353 g/mol. The van der Waals surface area contributed by atoms with Crippen LogP contribution >= 0.6 is 0 Å². The number of nitriles is 1. The molecule has 1 amide bonds. The number of nitrogens with one attached hydrogen (secondary N) is 1. The number of anilines is 1. The highest BCUT2D eigenvalue weighted by molar-refractivity contribution is 5.68. The van der Waals surface area contributed by atoms with Gasteiger partial charge in [0, 0.05) is 19.0 Å². The molecule has 2 heterocycles. The molecule has 9 heteroatoms. The number of alkyl halides is 2. The van der Waals surface area contributed by atoms with E-state index < -0.39 is 30.1 Å². The zero-order valence-corrected chi connectivity index (χ0v) is 14.4. The Morgan fingerprint density at radius 3 is 2.72 bits per heavy atom. The highest BCUT2D eigenvalue weighted by Gasteiger charge is 2.46. The second kappa shape index (κ2) is 7.17. The van der Waals surface area contributed by atoms with Gasteiger partial charge in [-0.3, -0.25) is 0 Å². The number of carbonyl (C=O) groups excluding carboxylic acids is 1. The van der Waals surface area contributed by atoms with Crippen molar-refractivity contribution in [3.05, 3.63) is 18.1 Å². The van der Waals surface area contributed by atoms with Crippen molar-refractivity contribution in [2.45, 2.75) is 38.7 Å². The van der Waals surface area contributed by atoms with Crippen molar-refractivity contribution in [2.75, 3.05) is 25.0 Å². The van der Waals surface area contributed by atoms with Crippen LogP contribution in [0.25, 0.3) is 0 Å². The molecule has 0 unspecified atom stereocenters. The normalized spacial score (nSPS) is 19.8. The number of hydrogen-bond donors (Lipinski definition) is 1. The van der Waals surface area contributed by atoms with Gasteiger partial charge in [-0.05, 0) is 27.2 Å². The lowest BCUT2D eigenvalue weighted by Crippen LogP contribution is -2.53. The lowest BCUT2D eigenvalue weighted by Gasteiger charge is -2.38. The third-order valence-corrected chi connectivity index (χ3v) is 3.69. The summed E-state index contributed by atoms with van der Waals surface area (Å²) in [6.45, 7) is 4.61. The van der Waals surface area contributed by atoms with Gasteiger partial charge in [0.2, 0.25) is 0 Å². The van der Waals surface area contributed by atoms with E-state index in [9.17, 15) is 13.6 Å². The van der Waals surface area contributed by atoms with E-state index >= 15 is 0 Å². The van der Waals surface area contributed by atoms with Crippen LogP contribution < -0.4 is 5.32 Å². The first-order chi connectivity index (χ1) is 11.6. The molecule has 1 aromatic heterocycles. The summed E-state index contributed by atoms with van der Waals surface area (Å²) in [5, 5.41) is 11.5. The number of rotatable bonds is 3. The summed E-state index contributed by atoms with van der Waals surface area (Å²) in [7, 11) is 0. The summed E-state index contributed by atoms with van der Waals surface area (Å²) < 4.78 is 33.9. The number of aromatic nitrogens is 2. The van der Waals surface area contributed by atoms with Gasteiger partial charge >= 0.3 is 6.09 Å². The number of halogens is 2. The molecule has 0 radical (unpaired) electrons. The van der Waals surface area contributed by atoms with Crippen molar-refractivity contribution >= 4 is 11.9 Å². The van der Waals surface area contributed by atoms with E-state index in [-0.39, 0.29) is 25.2 Å². The van der Waals surface area contributed by atoms with E-state index in [4.69, 9.17) is 10.00 Å². The minimum atomic E-state index is -3.04. The number of hydrogen-bond acceptors (Lipinski definition) is 6. The van der Waals surface area contributed by atoms with E-state index in [1.807, 2.05) is 6.07 Å². The molecule has 1 aromatic rings. The second-order valence-corrected chi connectivity index (χ2v) is 6.93. The van der Waals surface area contributed by atoms with Crippen molar-refractivity contribution in [1.29, 1.82) is 5.26 Å². The summed E-state index contributed by atoms with van der Waals surface area (Å²) in [5.74, 6) is -3.66. The standard InChI is InChI=1S/C16H21F2N5O2/c1-15(2,3)25-14(24)23-5-4-11(16(17,18)10-23)7-21-13-9-20-12(6-19)8-22-13/h8-9,11H,4-5,7,10H2,1-3H3,(H,21,22)/t11-/m0/s1. The van der Waals surface area contributed by atoms with Gasteiger partial charge in [0.15, 0.2) is 5.69 Å². The molecule has 0 aliphatic carbocycles. The van der Waals surface area contributed by atoms with Crippen LogP contribution in [0.4, 0.5) is 19.4 Å². The number of nitrogens with zero attached hydrogens (tertiary/aromatic N) is 4. The Hall–Kier alpha value is -2.50. The molecule has 0 saturated carbocycles. The van der Waals surface area contributed by atoms with E-state index in [0.717, 1.165) is 4.90 Å². The van der Waals surface area contributed by atoms with Crippen molar-refractivity contribution in [3.63, 3.8) is 0 Å². The van der Waals surface area contributed by atoms with E-state index in [1.165, 1.54) is 12.4 Å². The molecule has 1 N–H and O–H groups in total. The molecule has 1 fully saturated rings. The maximum Gasteiger partial charge on any atom is 0.410 e. The summed E-state index contributed by atoms with van der Waals surface area (Å²) in [4.78, 5) is 20.8. The SMILES string of the molecule is CC(C)(C)OC(=O)N1CC[C@@H](CNc2cnc(C#N)cn2)C(F)(F)C1. The van der Waals surface area contributed by atoms with Crippen molar-refractivity contribution in [1.82, 2.24) is 14.9 Å². The predicted molar refractivity (Wildman–Crippen MR) is 86.1 cm³/mol. The van der Waals surface area contributed by atoms with Crippen LogP contribution in [0, 0.1) is 17.2 Å². The highest BCUT2D eigenvalue weighted by atomic mass is 19.3. The van der Waals surface area contributed by atoms with Crippen molar-refractivity contribution in [3.8, 4) is 6.07 Å². The third-order valence-electron chi connectivity index (χ3n) is 3.69. The number of likely N-dealkylation sites (tertiary alicyclic amines) is 1. The zero-order chi connectivity index (χ0) is 18.7. The van der Waals surface area contributed by atoms with Gasteiger partial charge in [0.05, 0.1) is 18.9 Å². The molecule has 25 heavy (non-hydrogen) atoms. The van der Waals surface area contributed by atoms with Crippen LogP contribution in [-0.4, -0.2) is 52.1 Å². The Morgan fingerprint density at radius 2 is 2.20 bits per heavy atom.